The first-order valence-electron chi connectivity index (χ1n) is 7.33. The molecule has 0 aliphatic rings. The fourth-order valence-electron chi connectivity index (χ4n) is 2.69. The smallest absolute Gasteiger partial charge is 0.224 e. The predicted octanol–water partition coefficient (Wildman–Crippen LogP) is 2.99. The maximum Gasteiger partial charge on any atom is 0.224 e. The minimum Gasteiger partial charge on any atom is -0.364 e. The van der Waals surface area contributed by atoms with Crippen LogP contribution in [0.5, 0.6) is 0 Å². The third kappa shape index (κ3) is 2.88. The highest BCUT2D eigenvalue weighted by Gasteiger charge is 2.12. The first kappa shape index (κ1) is 14.4. The second-order valence-corrected chi connectivity index (χ2v) is 5.49. The zero-order valence-electron chi connectivity index (χ0n) is 12.8. The van der Waals surface area contributed by atoms with E-state index < -0.39 is 0 Å². The Bertz CT molecular complexity index is 774. The van der Waals surface area contributed by atoms with Gasteiger partial charge in [0, 0.05) is 37.3 Å². The lowest BCUT2D eigenvalue weighted by Crippen LogP contribution is -2.27. The number of hydrogen-bond donors (Lipinski definition) is 0. The average Bonchev–Trinajstić information content (AvgIpc) is 3.12. The molecule has 0 radical (unpaired) electrons. The van der Waals surface area contributed by atoms with Crippen LogP contribution in [0.3, 0.4) is 0 Å². The number of aryl methyl sites for hydroxylation is 2. The van der Waals surface area contributed by atoms with Crippen molar-refractivity contribution in [2.75, 3.05) is 7.05 Å². The quantitative estimate of drug-likeness (QED) is 0.727. The molecule has 0 aliphatic carbocycles. The Labute approximate surface area is 129 Å². The van der Waals surface area contributed by atoms with Crippen LogP contribution in [0.4, 0.5) is 0 Å². The molecule has 3 aromatic rings. The summed E-state index contributed by atoms with van der Waals surface area (Å²) in [5.41, 5.74) is 3.11. The van der Waals surface area contributed by atoms with E-state index in [1.54, 1.807) is 18.0 Å². The van der Waals surface area contributed by atoms with Gasteiger partial charge in [-0.15, -0.1) is 0 Å². The van der Waals surface area contributed by atoms with Crippen LogP contribution < -0.4 is 0 Å². The molecule has 1 amide bonds. The van der Waals surface area contributed by atoms with Crippen molar-refractivity contribution in [2.45, 2.75) is 26.4 Å². The molecule has 2 heterocycles. The maximum atomic E-state index is 12.3. The van der Waals surface area contributed by atoms with Gasteiger partial charge in [-0.1, -0.05) is 23.4 Å². The lowest BCUT2D eigenvalue weighted by atomic mass is 10.2. The number of hydrogen-bond acceptors (Lipinski definition) is 3. The van der Waals surface area contributed by atoms with Crippen LogP contribution in [0.25, 0.3) is 10.9 Å². The Morgan fingerprint density at radius 3 is 2.91 bits per heavy atom. The summed E-state index contributed by atoms with van der Waals surface area (Å²) in [5, 5.41) is 5.04. The van der Waals surface area contributed by atoms with Crippen LogP contribution in [0.1, 0.15) is 17.8 Å². The largest absolute Gasteiger partial charge is 0.364 e. The zero-order valence-corrected chi connectivity index (χ0v) is 12.8. The summed E-state index contributed by atoms with van der Waals surface area (Å²) in [5.74, 6) is 0.0974. The van der Waals surface area contributed by atoms with Crippen molar-refractivity contribution in [3.63, 3.8) is 0 Å². The van der Waals surface area contributed by atoms with E-state index in [2.05, 4.69) is 34.8 Å². The number of fused-ring (bicyclic) bond motifs is 1. The fraction of sp³-hybridized carbons (Fsp3) is 0.294. The molecule has 0 N–H and O–H groups in total. The molecule has 0 spiro atoms. The van der Waals surface area contributed by atoms with E-state index in [1.807, 2.05) is 12.1 Å². The van der Waals surface area contributed by atoms with Gasteiger partial charge in [0.15, 0.2) is 0 Å². The van der Waals surface area contributed by atoms with Gasteiger partial charge in [-0.3, -0.25) is 4.79 Å². The summed E-state index contributed by atoms with van der Waals surface area (Å²) < 4.78 is 6.98. The summed E-state index contributed by atoms with van der Waals surface area (Å²) in [4.78, 5) is 13.9. The molecule has 0 saturated carbocycles. The Kier molecular flexibility index (Phi) is 3.96. The molecule has 1 aromatic carbocycles. The molecule has 3 rings (SSSR count). The summed E-state index contributed by atoms with van der Waals surface area (Å²) in [7, 11) is 1.79. The van der Waals surface area contributed by atoms with Gasteiger partial charge in [0.25, 0.3) is 0 Å². The summed E-state index contributed by atoms with van der Waals surface area (Å²) in [6.07, 6.45) is 1.98. The van der Waals surface area contributed by atoms with Gasteiger partial charge < -0.3 is 14.0 Å². The average molecular weight is 297 g/mol. The molecule has 0 unspecified atom stereocenters. The molecule has 0 aliphatic heterocycles. The van der Waals surface area contributed by atoms with Crippen molar-refractivity contribution in [1.82, 2.24) is 14.6 Å². The molecule has 114 valence electrons. The molecule has 22 heavy (non-hydrogen) atoms. The van der Waals surface area contributed by atoms with Crippen LogP contribution in [-0.2, 0) is 17.9 Å². The Hall–Kier alpha value is -2.56. The highest BCUT2D eigenvalue weighted by molar-refractivity contribution is 5.81. The van der Waals surface area contributed by atoms with Crippen molar-refractivity contribution < 1.29 is 9.32 Å². The minimum atomic E-state index is 0.0974. The third-order valence-corrected chi connectivity index (χ3v) is 3.88. The molecule has 5 nitrogen and oxygen atoms in total. The van der Waals surface area contributed by atoms with Crippen molar-refractivity contribution in [3.05, 3.63) is 54.0 Å². The highest BCUT2D eigenvalue weighted by Crippen LogP contribution is 2.19. The van der Waals surface area contributed by atoms with E-state index in [-0.39, 0.29) is 5.91 Å². The molecule has 0 fully saturated rings. The van der Waals surface area contributed by atoms with Crippen LogP contribution >= 0.6 is 0 Å². The van der Waals surface area contributed by atoms with Crippen molar-refractivity contribution >= 4 is 16.8 Å². The molecule has 0 atom stereocenters. The standard InChI is InChI=1S/C17H19N3O2/c1-13-11-14-5-3-4-6-16(14)20(13)9-7-17(21)19(2)12-15-8-10-22-18-15/h3-6,8,10-11H,7,9,12H2,1-2H3. The summed E-state index contributed by atoms with van der Waals surface area (Å²) in [6, 6.07) is 12.2. The minimum absolute atomic E-state index is 0.0974. The number of rotatable bonds is 5. The van der Waals surface area contributed by atoms with Gasteiger partial charge in [0.05, 0.1) is 6.54 Å². The molecular weight excluding hydrogens is 278 g/mol. The van der Waals surface area contributed by atoms with Crippen molar-refractivity contribution in [2.24, 2.45) is 0 Å². The number of benzene rings is 1. The Morgan fingerprint density at radius 1 is 1.32 bits per heavy atom. The number of amides is 1. The summed E-state index contributed by atoms with van der Waals surface area (Å²) >= 11 is 0. The van der Waals surface area contributed by atoms with Crippen molar-refractivity contribution in [3.8, 4) is 0 Å². The van der Waals surface area contributed by atoms with Gasteiger partial charge in [-0.25, -0.2) is 0 Å². The number of carbonyl (C=O) groups excluding carboxylic acids is 1. The van der Waals surface area contributed by atoms with Crippen LogP contribution in [0.2, 0.25) is 0 Å². The normalized spacial score (nSPS) is 11.0. The Balaban J connectivity index is 1.66. The third-order valence-electron chi connectivity index (χ3n) is 3.88. The number of carbonyl (C=O) groups is 1. The lowest BCUT2D eigenvalue weighted by molar-refractivity contribution is -0.130. The molecule has 0 bridgehead atoms. The van der Waals surface area contributed by atoms with E-state index in [9.17, 15) is 4.79 Å². The van der Waals surface area contributed by atoms with E-state index in [0.29, 0.717) is 19.5 Å². The zero-order chi connectivity index (χ0) is 15.5. The highest BCUT2D eigenvalue weighted by atomic mass is 16.5. The van der Waals surface area contributed by atoms with Gasteiger partial charge in [0.1, 0.15) is 12.0 Å². The number of aromatic nitrogens is 2. The molecule has 0 saturated heterocycles. The molecule has 5 heteroatoms. The van der Waals surface area contributed by atoms with Gasteiger partial charge in [0.2, 0.25) is 5.91 Å². The fourth-order valence-corrected chi connectivity index (χ4v) is 2.69. The Morgan fingerprint density at radius 2 is 2.14 bits per heavy atom. The van der Waals surface area contributed by atoms with Crippen LogP contribution in [-0.4, -0.2) is 27.6 Å². The second kappa shape index (κ2) is 6.05. The monoisotopic (exact) mass is 297 g/mol. The van der Waals surface area contributed by atoms with Crippen LogP contribution in [0.15, 0.2) is 47.2 Å². The number of nitrogens with zero attached hydrogens (tertiary/aromatic N) is 3. The van der Waals surface area contributed by atoms with E-state index >= 15 is 0 Å². The first-order valence-corrected chi connectivity index (χ1v) is 7.33. The predicted molar refractivity (Wildman–Crippen MR) is 84.3 cm³/mol. The maximum absolute atomic E-state index is 12.3. The lowest BCUT2D eigenvalue weighted by Gasteiger charge is -2.16. The SMILES string of the molecule is Cc1cc2ccccc2n1CCC(=O)N(C)Cc1ccon1. The van der Waals surface area contributed by atoms with Crippen molar-refractivity contribution in [1.29, 1.82) is 0 Å². The van der Waals surface area contributed by atoms with Gasteiger partial charge in [-0.2, -0.15) is 0 Å². The van der Waals surface area contributed by atoms with E-state index in [4.69, 9.17) is 4.52 Å². The van der Waals surface area contributed by atoms with E-state index in [0.717, 1.165) is 5.69 Å². The van der Waals surface area contributed by atoms with Gasteiger partial charge in [-0.05, 0) is 24.4 Å². The molecule has 2 aromatic heterocycles. The van der Waals surface area contributed by atoms with Crippen LogP contribution in [0, 0.1) is 6.92 Å². The number of para-hydroxylation sites is 1. The summed E-state index contributed by atoms with van der Waals surface area (Å²) in [6.45, 7) is 3.23. The van der Waals surface area contributed by atoms with Gasteiger partial charge >= 0.3 is 0 Å². The first-order chi connectivity index (χ1) is 10.6. The second-order valence-electron chi connectivity index (χ2n) is 5.49. The topological polar surface area (TPSA) is 51.3 Å². The molecular formula is C17H19N3O2. The van der Waals surface area contributed by atoms with E-state index in [1.165, 1.54) is 22.9 Å².